The molecule has 3 rings (SSSR count). The van der Waals surface area contributed by atoms with Gasteiger partial charge in [0.2, 0.25) is 0 Å². The number of rotatable bonds is 3. The van der Waals surface area contributed by atoms with Crippen LogP contribution in [-0.4, -0.2) is 28.1 Å². The van der Waals surface area contributed by atoms with Crippen molar-refractivity contribution in [1.29, 1.82) is 0 Å². The molecular formula is C16H23BClN3O2. The summed E-state index contributed by atoms with van der Waals surface area (Å²) in [6, 6.07) is 9.89. The molecule has 2 heterocycles. The molecule has 1 aliphatic rings. The van der Waals surface area contributed by atoms with E-state index in [1.54, 1.807) is 16.9 Å². The predicted octanol–water partition coefficient (Wildman–Crippen LogP) is 2.23. The molecule has 124 valence electrons. The van der Waals surface area contributed by atoms with Crippen LogP contribution in [0.2, 0.25) is 0 Å². The minimum absolute atomic E-state index is 0. The Hall–Kier alpha value is -1.50. The Morgan fingerprint density at radius 1 is 1.09 bits per heavy atom. The fraction of sp³-hybridized carbons (Fsp3) is 0.438. The SMILES string of the molecule is CC1(C)OB(c2ccccc2Cn2nccc2N)OC1(C)C.Cl. The molecule has 0 saturated carbocycles. The van der Waals surface area contributed by atoms with Crippen molar-refractivity contribution in [3.8, 4) is 0 Å². The summed E-state index contributed by atoms with van der Waals surface area (Å²) in [5, 5.41) is 4.25. The summed E-state index contributed by atoms with van der Waals surface area (Å²) in [4.78, 5) is 0. The number of benzene rings is 1. The highest BCUT2D eigenvalue weighted by atomic mass is 35.5. The fourth-order valence-corrected chi connectivity index (χ4v) is 2.51. The normalized spacial score (nSPS) is 18.7. The summed E-state index contributed by atoms with van der Waals surface area (Å²) in [6.07, 6.45) is 1.70. The second-order valence-corrected chi connectivity index (χ2v) is 6.70. The highest BCUT2D eigenvalue weighted by molar-refractivity contribution is 6.62. The highest BCUT2D eigenvalue weighted by Gasteiger charge is 2.52. The van der Waals surface area contributed by atoms with Gasteiger partial charge in [0.1, 0.15) is 5.82 Å². The summed E-state index contributed by atoms with van der Waals surface area (Å²) in [6.45, 7) is 8.82. The third kappa shape index (κ3) is 3.25. The predicted molar refractivity (Wildman–Crippen MR) is 95.1 cm³/mol. The minimum Gasteiger partial charge on any atom is -0.399 e. The molecule has 0 spiro atoms. The smallest absolute Gasteiger partial charge is 0.399 e. The molecule has 1 fully saturated rings. The largest absolute Gasteiger partial charge is 0.495 e. The van der Waals surface area contributed by atoms with Gasteiger partial charge in [0.15, 0.2) is 0 Å². The molecule has 0 amide bonds. The van der Waals surface area contributed by atoms with E-state index < -0.39 is 0 Å². The maximum atomic E-state index is 6.16. The zero-order chi connectivity index (χ0) is 16.0. The van der Waals surface area contributed by atoms with Crippen molar-refractivity contribution in [3.05, 3.63) is 42.1 Å². The van der Waals surface area contributed by atoms with E-state index in [0.29, 0.717) is 12.4 Å². The second kappa shape index (κ2) is 6.19. The zero-order valence-electron chi connectivity index (χ0n) is 13.9. The molecule has 23 heavy (non-hydrogen) atoms. The van der Waals surface area contributed by atoms with Crippen molar-refractivity contribution in [3.63, 3.8) is 0 Å². The van der Waals surface area contributed by atoms with Gasteiger partial charge < -0.3 is 15.0 Å². The molecule has 5 nitrogen and oxygen atoms in total. The van der Waals surface area contributed by atoms with Crippen LogP contribution in [0.4, 0.5) is 5.82 Å². The third-order valence-electron chi connectivity index (χ3n) is 4.63. The van der Waals surface area contributed by atoms with Gasteiger partial charge in [-0.25, -0.2) is 4.68 Å². The Morgan fingerprint density at radius 3 is 2.26 bits per heavy atom. The van der Waals surface area contributed by atoms with Crippen LogP contribution in [-0.2, 0) is 15.9 Å². The van der Waals surface area contributed by atoms with E-state index >= 15 is 0 Å². The Morgan fingerprint density at radius 2 is 1.70 bits per heavy atom. The quantitative estimate of drug-likeness (QED) is 0.874. The molecule has 2 N–H and O–H groups in total. The number of hydrogen-bond acceptors (Lipinski definition) is 4. The minimum atomic E-state index is -0.377. The molecule has 0 bridgehead atoms. The van der Waals surface area contributed by atoms with Crippen LogP contribution in [0.3, 0.4) is 0 Å². The molecular weight excluding hydrogens is 312 g/mol. The van der Waals surface area contributed by atoms with E-state index in [4.69, 9.17) is 15.0 Å². The van der Waals surface area contributed by atoms with Crippen LogP contribution in [0.5, 0.6) is 0 Å². The Balaban J connectivity index is 0.00000192. The summed E-state index contributed by atoms with van der Waals surface area (Å²) in [5.41, 5.74) is 7.33. The maximum Gasteiger partial charge on any atom is 0.495 e. The molecule has 2 aromatic rings. The van der Waals surface area contributed by atoms with Gasteiger partial charge in [0.05, 0.1) is 23.9 Å². The van der Waals surface area contributed by atoms with E-state index in [1.165, 1.54) is 0 Å². The van der Waals surface area contributed by atoms with Gasteiger partial charge in [-0.05, 0) is 44.8 Å². The van der Waals surface area contributed by atoms with Crippen LogP contribution in [0.25, 0.3) is 0 Å². The van der Waals surface area contributed by atoms with Crippen LogP contribution < -0.4 is 11.2 Å². The highest BCUT2D eigenvalue weighted by Crippen LogP contribution is 2.36. The van der Waals surface area contributed by atoms with Gasteiger partial charge in [0.25, 0.3) is 0 Å². The average molecular weight is 336 g/mol. The Bertz CT molecular complexity index is 671. The number of nitrogens with two attached hydrogens (primary N) is 1. The zero-order valence-corrected chi connectivity index (χ0v) is 14.8. The van der Waals surface area contributed by atoms with Crippen LogP contribution in [0.15, 0.2) is 36.5 Å². The molecule has 0 radical (unpaired) electrons. The van der Waals surface area contributed by atoms with Gasteiger partial charge in [-0.3, -0.25) is 0 Å². The average Bonchev–Trinajstić information content (AvgIpc) is 2.92. The summed E-state index contributed by atoms with van der Waals surface area (Å²) in [5.74, 6) is 0.642. The lowest BCUT2D eigenvalue weighted by molar-refractivity contribution is 0.00578. The van der Waals surface area contributed by atoms with Crippen LogP contribution >= 0.6 is 12.4 Å². The van der Waals surface area contributed by atoms with Crippen LogP contribution in [0, 0.1) is 0 Å². The van der Waals surface area contributed by atoms with Gasteiger partial charge in [-0.1, -0.05) is 24.3 Å². The first-order valence-electron chi connectivity index (χ1n) is 7.51. The molecule has 7 heteroatoms. The summed E-state index contributed by atoms with van der Waals surface area (Å²) in [7, 11) is -0.377. The van der Waals surface area contributed by atoms with E-state index in [1.807, 2.05) is 18.2 Å². The lowest BCUT2D eigenvalue weighted by Gasteiger charge is -2.32. The lowest BCUT2D eigenvalue weighted by atomic mass is 9.76. The lowest BCUT2D eigenvalue weighted by Crippen LogP contribution is -2.41. The number of anilines is 1. The topological polar surface area (TPSA) is 62.3 Å². The molecule has 1 aromatic carbocycles. The first kappa shape index (κ1) is 17.9. The monoisotopic (exact) mass is 335 g/mol. The van der Waals surface area contributed by atoms with E-state index in [9.17, 15) is 0 Å². The first-order chi connectivity index (χ1) is 10.3. The van der Waals surface area contributed by atoms with Crippen molar-refractivity contribution in [2.45, 2.75) is 45.4 Å². The Kier molecular flexibility index (Phi) is 4.80. The van der Waals surface area contributed by atoms with Crippen molar-refractivity contribution < 1.29 is 9.31 Å². The summed E-state index contributed by atoms with van der Waals surface area (Å²) >= 11 is 0. The van der Waals surface area contributed by atoms with E-state index in [-0.39, 0.29) is 30.7 Å². The van der Waals surface area contributed by atoms with E-state index in [0.717, 1.165) is 11.0 Å². The number of hydrogen-bond donors (Lipinski definition) is 1. The van der Waals surface area contributed by atoms with Gasteiger partial charge in [-0.2, -0.15) is 5.10 Å². The van der Waals surface area contributed by atoms with Gasteiger partial charge in [0, 0.05) is 0 Å². The number of aromatic nitrogens is 2. The fourth-order valence-electron chi connectivity index (χ4n) is 2.51. The van der Waals surface area contributed by atoms with Crippen molar-refractivity contribution in [2.75, 3.05) is 5.73 Å². The number of nitrogen functional groups attached to an aromatic ring is 1. The van der Waals surface area contributed by atoms with Crippen molar-refractivity contribution in [1.82, 2.24) is 9.78 Å². The van der Waals surface area contributed by atoms with Crippen molar-refractivity contribution in [2.24, 2.45) is 0 Å². The van der Waals surface area contributed by atoms with Gasteiger partial charge >= 0.3 is 7.12 Å². The number of halogens is 1. The first-order valence-corrected chi connectivity index (χ1v) is 7.51. The molecule has 0 unspecified atom stereocenters. The van der Waals surface area contributed by atoms with Gasteiger partial charge in [-0.15, -0.1) is 12.4 Å². The molecule has 0 atom stereocenters. The Labute approximate surface area is 143 Å². The third-order valence-corrected chi connectivity index (χ3v) is 4.63. The maximum absolute atomic E-state index is 6.16. The van der Waals surface area contributed by atoms with Crippen LogP contribution in [0.1, 0.15) is 33.3 Å². The van der Waals surface area contributed by atoms with Crippen molar-refractivity contribution >= 4 is 30.8 Å². The number of nitrogens with zero attached hydrogens (tertiary/aromatic N) is 2. The molecule has 0 aliphatic carbocycles. The summed E-state index contributed by atoms with van der Waals surface area (Å²) < 4.78 is 14.1. The molecule has 1 aliphatic heterocycles. The van der Waals surface area contributed by atoms with E-state index in [2.05, 4.69) is 38.9 Å². The molecule has 1 saturated heterocycles. The standard InChI is InChI=1S/C16H22BN3O2.ClH/c1-15(2)16(3,4)22-17(21-15)13-8-6-5-7-12(13)11-20-14(18)9-10-19-20;/h5-10H,11,18H2,1-4H3;1H. The molecule has 1 aromatic heterocycles. The second-order valence-electron chi connectivity index (χ2n) is 6.70.